The maximum Gasteiger partial charge on any atom is 0.336 e. The second-order valence-electron chi connectivity index (χ2n) is 3.50. The van der Waals surface area contributed by atoms with Crippen molar-refractivity contribution in [1.29, 1.82) is 0 Å². The highest BCUT2D eigenvalue weighted by molar-refractivity contribution is 5.92. The number of nitrogens with one attached hydrogen (secondary N) is 1. The third-order valence-corrected chi connectivity index (χ3v) is 2.14. The van der Waals surface area contributed by atoms with Crippen LogP contribution in [0.4, 0.5) is 10.5 Å². The van der Waals surface area contributed by atoms with E-state index in [9.17, 15) is 4.79 Å². The van der Waals surface area contributed by atoms with Gasteiger partial charge in [0.15, 0.2) is 0 Å². The maximum atomic E-state index is 11.4. The summed E-state index contributed by atoms with van der Waals surface area (Å²) in [4.78, 5) is 11.4. The van der Waals surface area contributed by atoms with Crippen molar-refractivity contribution < 1.29 is 14.6 Å². The molecule has 4 N–H and O–H groups in total. The highest BCUT2D eigenvalue weighted by atomic mass is 16.5. The third kappa shape index (κ3) is 3.33. The van der Waals surface area contributed by atoms with Crippen molar-refractivity contribution in [2.75, 3.05) is 18.7 Å². The Morgan fingerprint density at radius 1 is 1.59 bits per heavy atom. The van der Waals surface area contributed by atoms with Crippen molar-refractivity contribution in [3.05, 3.63) is 24.3 Å². The molecule has 2 amide bonds. The summed E-state index contributed by atoms with van der Waals surface area (Å²) in [6.45, 7) is 1.61. The van der Waals surface area contributed by atoms with E-state index in [0.717, 1.165) is 5.01 Å². The van der Waals surface area contributed by atoms with Crippen LogP contribution in [0.3, 0.4) is 0 Å². The number of ether oxygens (including phenoxy) is 1. The largest absolute Gasteiger partial charge is 0.486 e. The number of nitrogens with zero attached hydrogens (tertiary/aromatic N) is 1. The van der Waals surface area contributed by atoms with E-state index in [1.165, 1.54) is 7.05 Å². The molecule has 0 spiro atoms. The number of aliphatic hydroxyl groups excluding tert-OH is 1. The molecule has 94 valence electrons. The minimum Gasteiger partial charge on any atom is -0.486 e. The fourth-order valence-electron chi connectivity index (χ4n) is 1.24. The topological polar surface area (TPSA) is 87.8 Å². The number of para-hydroxylation sites is 2. The quantitative estimate of drug-likeness (QED) is 0.405. The van der Waals surface area contributed by atoms with E-state index >= 15 is 0 Å². The van der Waals surface area contributed by atoms with Gasteiger partial charge in [-0.25, -0.2) is 15.6 Å². The van der Waals surface area contributed by atoms with Crippen LogP contribution in [-0.4, -0.2) is 30.9 Å². The minimum atomic E-state index is -0.447. The summed E-state index contributed by atoms with van der Waals surface area (Å²) in [5.41, 5.74) is 0.437. The summed E-state index contributed by atoms with van der Waals surface area (Å²) in [5.74, 6) is 6.09. The van der Waals surface area contributed by atoms with Crippen molar-refractivity contribution in [2.45, 2.75) is 13.0 Å². The van der Waals surface area contributed by atoms with Gasteiger partial charge in [0, 0.05) is 7.05 Å². The summed E-state index contributed by atoms with van der Waals surface area (Å²) >= 11 is 0. The Hall–Kier alpha value is -1.79. The third-order valence-electron chi connectivity index (χ3n) is 2.14. The Bertz CT molecular complexity index is 384. The normalized spacial score (nSPS) is 11.8. The molecule has 1 aromatic carbocycles. The number of hydrazine groups is 1. The highest BCUT2D eigenvalue weighted by Crippen LogP contribution is 2.27. The number of nitrogens with two attached hydrogens (primary N) is 1. The van der Waals surface area contributed by atoms with E-state index < -0.39 is 6.03 Å². The first-order valence-electron chi connectivity index (χ1n) is 5.23. The Balaban J connectivity index is 2.95. The number of urea groups is 1. The number of hydrogen-bond donors (Lipinski definition) is 3. The maximum absolute atomic E-state index is 11.4. The van der Waals surface area contributed by atoms with Gasteiger partial charge in [-0.05, 0) is 19.1 Å². The van der Waals surface area contributed by atoms with Crippen LogP contribution in [0.25, 0.3) is 0 Å². The van der Waals surface area contributed by atoms with Crippen LogP contribution in [0.5, 0.6) is 5.75 Å². The van der Waals surface area contributed by atoms with E-state index in [4.69, 9.17) is 15.7 Å². The van der Waals surface area contributed by atoms with Crippen molar-refractivity contribution in [3.63, 3.8) is 0 Å². The van der Waals surface area contributed by atoms with E-state index in [-0.39, 0.29) is 12.7 Å². The number of carbonyl (C=O) groups excluding carboxylic acids is 1. The smallest absolute Gasteiger partial charge is 0.336 e. The molecular formula is C11H17N3O3. The van der Waals surface area contributed by atoms with Crippen LogP contribution < -0.4 is 20.9 Å². The number of rotatable bonds is 4. The molecule has 0 bridgehead atoms. The zero-order chi connectivity index (χ0) is 12.8. The Morgan fingerprint density at radius 3 is 2.82 bits per heavy atom. The number of carbonyl (C=O) groups is 1. The first-order valence-corrected chi connectivity index (χ1v) is 5.23. The zero-order valence-corrected chi connectivity index (χ0v) is 9.88. The monoisotopic (exact) mass is 239 g/mol. The van der Waals surface area contributed by atoms with Crippen LogP contribution in [0.1, 0.15) is 6.92 Å². The number of anilines is 1. The van der Waals surface area contributed by atoms with Gasteiger partial charge >= 0.3 is 6.03 Å². The lowest BCUT2D eigenvalue weighted by atomic mass is 10.3. The molecule has 0 radical (unpaired) electrons. The molecule has 1 rings (SSSR count). The number of aliphatic hydroxyl groups is 1. The predicted molar refractivity (Wildman–Crippen MR) is 64.7 cm³/mol. The number of hydrogen-bond acceptors (Lipinski definition) is 4. The van der Waals surface area contributed by atoms with Gasteiger partial charge in [0.25, 0.3) is 0 Å². The lowest BCUT2D eigenvalue weighted by Crippen LogP contribution is -2.43. The van der Waals surface area contributed by atoms with Gasteiger partial charge in [0.05, 0.1) is 6.61 Å². The summed E-state index contributed by atoms with van der Waals surface area (Å²) in [5, 5.41) is 12.3. The molecule has 0 unspecified atom stereocenters. The molecule has 0 saturated heterocycles. The van der Waals surface area contributed by atoms with E-state index in [0.29, 0.717) is 11.4 Å². The van der Waals surface area contributed by atoms with Gasteiger partial charge in [0.2, 0.25) is 0 Å². The molecule has 6 heteroatoms. The van der Waals surface area contributed by atoms with Crippen LogP contribution in [0, 0.1) is 0 Å². The van der Waals surface area contributed by atoms with E-state index in [2.05, 4.69) is 5.32 Å². The molecule has 0 aliphatic rings. The molecule has 0 aliphatic heterocycles. The second-order valence-corrected chi connectivity index (χ2v) is 3.50. The van der Waals surface area contributed by atoms with Crippen molar-refractivity contribution in [3.8, 4) is 5.75 Å². The molecule has 1 aromatic rings. The SMILES string of the molecule is CNC(=O)N(N)c1ccccc1O[C@@H](C)CO. The molecule has 0 heterocycles. The fraction of sp³-hybridized carbons (Fsp3) is 0.364. The van der Waals surface area contributed by atoms with Gasteiger partial charge in [-0.15, -0.1) is 0 Å². The Labute approximate surface area is 99.9 Å². The Kier molecular flexibility index (Phi) is 4.74. The lowest BCUT2D eigenvalue weighted by Gasteiger charge is -2.21. The summed E-state index contributed by atoms with van der Waals surface area (Å²) in [6, 6.07) is 6.41. The van der Waals surface area contributed by atoms with E-state index in [1.54, 1.807) is 31.2 Å². The van der Waals surface area contributed by atoms with Crippen LogP contribution in [0.15, 0.2) is 24.3 Å². The van der Waals surface area contributed by atoms with Crippen molar-refractivity contribution in [1.82, 2.24) is 5.32 Å². The Morgan fingerprint density at radius 2 is 2.24 bits per heavy atom. The van der Waals surface area contributed by atoms with Gasteiger partial charge in [-0.2, -0.15) is 0 Å². The molecule has 0 fully saturated rings. The summed E-state index contributed by atoms with van der Waals surface area (Å²) in [7, 11) is 1.49. The lowest BCUT2D eigenvalue weighted by molar-refractivity contribution is 0.130. The van der Waals surface area contributed by atoms with Gasteiger partial charge in [-0.1, -0.05) is 12.1 Å². The molecule has 6 nitrogen and oxygen atoms in total. The molecule has 0 aliphatic carbocycles. The van der Waals surface area contributed by atoms with Crippen LogP contribution in [0.2, 0.25) is 0 Å². The minimum absolute atomic E-state index is 0.112. The van der Waals surface area contributed by atoms with Gasteiger partial charge in [0.1, 0.15) is 17.5 Å². The molecule has 0 saturated carbocycles. The zero-order valence-electron chi connectivity index (χ0n) is 9.88. The van der Waals surface area contributed by atoms with Crippen molar-refractivity contribution >= 4 is 11.7 Å². The molecular weight excluding hydrogens is 222 g/mol. The predicted octanol–water partition coefficient (Wildman–Crippen LogP) is 0.466. The summed E-state index contributed by atoms with van der Waals surface area (Å²) in [6.07, 6.45) is -0.366. The average Bonchev–Trinajstić information content (AvgIpc) is 2.37. The first-order chi connectivity index (χ1) is 8.10. The van der Waals surface area contributed by atoms with Gasteiger partial charge in [-0.3, -0.25) is 0 Å². The van der Waals surface area contributed by atoms with Crippen molar-refractivity contribution in [2.24, 2.45) is 5.84 Å². The number of benzene rings is 1. The van der Waals surface area contributed by atoms with Gasteiger partial charge < -0.3 is 15.2 Å². The van der Waals surface area contributed by atoms with Crippen LogP contribution >= 0.6 is 0 Å². The standard InChI is InChI=1S/C11H17N3O3/c1-8(7-15)17-10-6-4-3-5-9(10)14(12)11(16)13-2/h3-6,8,15H,7,12H2,1-2H3,(H,13,16)/t8-/m0/s1. The van der Waals surface area contributed by atoms with E-state index in [1.807, 2.05) is 0 Å². The first kappa shape index (κ1) is 13.3. The molecule has 17 heavy (non-hydrogen) atoms. The highest BCUT2D eigenvalue weighted by Gasteiger charge is 2.15. The fourth-order valence-corrected chi connectivity index (χ4v) is 1.24. The summed E-state index contributed by atoms with van der Waals surface area (Å²) < 4.78 is 5.46. The average molecular weight is 239 g/mol. The molecule has 1 atom stereocenters. The van der Waals surface area contributed by atoms with Crippen LogP contribution in [-0.2, 0) is 0 Å². The molecule has 0 aromatic heterocycles. The second kappa shape index (κ2) is 6.07. The number of amides is 2.